The molecule has 3 N–H and O–H groups in total. The predicted molar refractivity (Wildman–Crippen MR) is 80.0 cm³/mol. The van der Waals surface area contributed by atoms with E-state index in [1.807, 2.05) is 26.8 Å². The second kappa shape index (κ2) is 7.73. The van der Waals surface area contributed by atoms with Crippen molar-refractivity contribution in [2.24, 2.45) is 11.7 Å². The minimum Gasteiger partial charge on any atom is -0.494 e. The van der Waals surface area contributed by atoms with Crippen LogP contribution in [0.4, 0.5) is 0 Å². The number of aliphatic hydroxyl groups is 1. The highest BCUT2D eigenvalue weighted by molar-refractivity contribution is 6.32. The number of nitrogens with two attached hydrogens (primary N) is 1. The highest BCUT2D eigenvalue weighted by Gasteiger charge is 2.15. The lowest BCUT2D eigenvalue weighted by atomic mass is 9.95. The van der Waals surface area contributed by atoms with Crippen LogP contribution in [0.25, 0.3) is 0 Å². The number of halogens is 1. The van der Waals surface area contributed by atoms with Crippen molar-refractivity contribution >= 4 is 11.6 Å². The van der Waals surface area contributed by atoms with Gasteiger partial charge in [0.05, 0.1) is 6.61 Å². The van der Waals surface area contributed by atoms with Crippen molar-refractivity contribution in [3.63, 3.8) is 0 Å². The van der Waals surface area contributed by atoms with Crippen molar-refractivity contribution < 1.29 is 9.84 Å². The summed E-state index contributed by atoms with van der Waals surface area (Å²) in [6.07, 6.45) is 1.66. The number of hydrogen-bond acceptors (Lipinski definition) is 3. The summed E-state index contributed by atoms with van der Waals surface area (Å²) < 4.78 is 5.70. The number of rotatable bonds is 7. The van der Waals surface area contributed by atoms with Crippen LogP contribution in [0.1, 0.15) is 30.0 Å². The molecular weight excluding hydrogens is 262 g/mol. The summed E-state index contributed by atoms with van der Waals surface area (Å²) in [5, 5.41) is 10.0. The molecule has 0 spiro atoms. The van der Waals surface area contributed by atoms with Gasteiger partial charge in [-0.3, -0.25) is 0 Å². The maximum absolute atomic E-state index is 9.21. The van der Waals surface area contributed by atoms with Crippen LogP contribution in [-0.4, -0.2) is 24.9 Å². The molecule has 1 aromatic rings. The minimum absolute atomic E-state index is 0.124. The van der Waals surface area contributed by atoms with Crippen molar-refractivity contribution in [3.05, 3.63) is 27.8 Å². The van der Waals surface area contributed by atoms with Crippen LogP contribution in [0, 0.1) is 19.8 Å². The predicted octanol–water partition coefficient (Wildman–Crippen LogP) is 2.86. The zero-order chi connectivity index (χ0) is 14.4. The van der Waals surface area contributed by atoms with Gasteiger partial charge in [-0.25, -0.2) is 0 Å². The van der Waals surface area contributed by atoms with E-state index < -0.39 is 0 Å². The summed E-state index contributed by atoms with van der Waals surface area (Å²) in [5.74, 6) is 1.03. The Hall–Kier alpha value is -0.770. The van der Waals surface area contributed by atoms with Gasteiger partial charge < -0.3 is 15.6 Å². The van der Waals surface area contributed by atoms with Crippen molar-refractivity contribution in [2.75, 3.05) is 19.8 Å². The molecule has 0 saturated carbocycles. The Morgan fingerprint density at radius 2 is 2.11 bits per heavy atom. The first-order chi connectivity index (χ1) is 9.04. The number of aliphatic hydroxyl groups excluding tert-OH is 1. The quantitative estimate of drug-likeness (QED) is 0.810. The second-order valence-corrected chi connectivity index (χ2v) is 5.24. The molecule has 0 aliphatic rings. The van der Waals surface area contributed by atoms with E-state index in [1.165, 1.54) is 0 Å². The third-order valence-corrected chi connectivity index (χ3v) is 4.05. The highest BCUT2D eigenvalue weighted by atomic mass is 35.5. The van der Waals surface area contributed by atoms with E-state index in [0.717, 1.165) is 40.3 Å². The first-order valence-corrected chi connectivity index (χ1v) is 7.15. The topological polar surface area (TPSA) is 55.5 Å². The number of hydrogen-bond donors (Lipinski definition) is 2. The maximum atomic E-state index is 9.21. The molecule has 0 heterocycles. The minimum atomic E-state index is 0.124. The lowest BCUT2D eigenvalue weighted by molar-refractivity contribution is 0.222. The van der Waals surface area contributed by atoms with E-state index in [4.69, 9.17) is 22.1 Å². The molecule has 0 aliphatic carbocycles. The maximum Gasteiger partial charge on any atom is 0.123 e. The lowest BCUT2D eigenvalue weighted by Gasteiger charge is -2.18. The van der Waals surface area contributed by atoms with Gasteiger partial charge in [-0.15, -0.1) is 0 Å². The van der Waals surface area contributed by atoms with E-state index in [2.05, 4.69) is 0 Å². The van der Waals surface area contributed by atoms with Crippen LogP contribution in [0.5, 0.6) is 5.75 Å². The summed E-state index contributed by atoms with van der Waals surface area (Å²) in [4.78, 5) is 0. The summed E-state index contributed by atoms with van der Waals surface area (Å²) in [6, 6.07) is 1.99. The van der Waals surface area contributed by atoms with Crippen molar-refractivity contribution in [1.29, 1.82) is 0 Å². The number of aryl methyl sites for hydroxylation is 1. The molecule has 4 heteroatoms. The SMILES string of the molecule is CCOc1cc(C)c(Cl)c(C)c1CCC(CN)CO. The molecule has 1 unspecified atom stereocenters. The molecule has 0 aliphatic heterocycles. The summed E-state index contributed by atoms with van der Waals surface area (Å²) in [7, 11) is 0. The molecular formula is C15H24ClNO2. The lowest BCUT2D eigenvalue weighted by Crippen LogP contribution is -2.19. The Morgan fingerprint density at radius 3 is 2.63 bits per heavy atom. The monoisotopic (exact) mass is 285 g/mol. The fourth-order valence-electron chi connectivity index (χ4n) is 2.19. The largest absolute Gasteiger partial charge is 0.494 e. The van der Waals surface area contributed by atoms with Crippen molar-refractivity contribution in [3.8, 4) is 5.75 Å². The highest BCUT2D eigenvalue weighted by Crippen LogP contribution is 2.33. The van der Waals surface area contributed by atoms with Gasteiger partial charge in [-0.2, -0.15) is 0 Å². The van der Waals surface area contributed by atoms with Gasteiger partial charge in [0, 0.05) is 11.6 Å². The molecule has 0 radical (unpaired) electrons. The van der Waals surface area contributed by atoms with Gasteiger partial charge in [0.25, 0.3) is 0 Å². The van der Waals surface area contributed by atoms with E-state index in [1.54, 1.807) is 0 Å². The fraction of sp³-hybridized carbons (Fsp3) is 0.600. The zero-order valence-electron chi connectivity index (χ0n) is 12.0. The average Bonchev–Trinajstić information content (AvgIpc) is 2.40. The summed E-state index contributed by atoms with van der Waals surface area (Å²) >= 11 is 6.31. The van der Waals surface area contributed by atoms with Crippen molar-refractivity contribution in [2.45, 2.75) is 33.6 Å². The van der Waals surface area contributed by atoms with Crippen LogP contribution >= 0.6 is 11.6 Å². The van der Waals surface area contributed by atoms with E-state index in [-0.39, 0.29) is 12.5 Å². The Labute approximate surface area is 120 Å². The average molecular weight is 286 g/mol. The molecule has 0 amide bonds. The molecule has 19 heavy (non-hydrogen) atoms. The molecule has 0 bridgehead atoms. The van der Waals surface area contributed by atoms with Gasteiger partial charge >= 0.3 is 0 Å². The number of benzene rings is 1. The molecule has 1 aromatic carbocycles. The van der Waals surface area contributed by atoms with Gasteiger partial charge in [0.1, 0.15) is 5.75 Å². The summed E-state index contributed by atoms with van der Waals surface area (Å²) in [6.45, 7) is 7.23. The van der Waals surface area contributed by atoms with Crippen LogP contribution in [0.15, 0.2) is 6.07 Å². The molecule has 1 rings (SSSR count). The fourth-order valence-corrected chi connectivity index (χ4v) is 2.36. The molecule has 108 valence electrons. The number of ether oxygens (including phenoxy) is 1. The van der Waals surface area contributed by atoms with Gasteiger partial charge in [0.2, 0.25) is 0 Å². The Balaban J connectivity index is 2.99. The van der Waals surface area contributed by atoms with Gasteiger partial charge in [-0.05, 0) is 68.8 Å². The molecule has 0 saturated heterocycles. The molecule has 0 aromatic heterocycles. The third-order valence-electron chi connectivity index (χ3n) is 3.47. The van der Waals surface area contributed by atoms with Gasteiger partial charge in [-0.1, -0.05) is 11.6 Å². The van der Waals surface area contributed by atoms with E-state index in [0.29, 0.717) is 13.2 Å². The van der Waals surface area contributed by atoms with Crippen LogP contribution in [-0.2, 0) is 6.42 Å². The van der Waals surface area contributed by atoms with Crippen LogP contribution < -0.4 is 10.5 Å². The Bertz CT molecular complexity index is 417. The van der Waals surface area contributed by atoms with Crippen molar-refractivity contribution in [1.82, 2.24) is 0 Å². The zero-order valence-corrected chi connectivity index (χ0v) is 12.8. The Kier molecular flexibility index (Phi) is 6.63. The normalized spacial score (nSPS) is 12.5. The molecule has 3 nitrogen and oxygen atoms in total. The summed E-state index contributed by atoms with van der Waals surface area (Å²) in [5.41, 5.74) is 8.85. The van der Waals surface area contributed by atoms with Crippen LogP contribution in [0.2, 0.25) is 5.02 Å². The standard InChI is InChI=1S/C15H24ClNO2/c1-4-19-14-7-10(2)15(16)11(3)13(14)6-5-12(8-17)9-18/h7,12,18H,4-6,8-9,17H2,1-3H3. The molecule has 0 fully saturated rings. The second-order valence-electron chi connectivity index (χ2n) is 4.87. The van der Waals surface area contributed by atoms with E-state index >= 15 is 0 Å². The van der Waals surface area contributed by atoms with Crippen LogP contribution in [0.3, 0.4) is 0 Å². The van der Waals surface area contributed by atoms with E-state index in [9.17, 15) is 5.11 Å². The Morgan fingerprint density at radius 1 is 1.42 bits per heavy atom. The first-order valence-electron chi connectivity index (χ1n) is 6.77. The van der Waals surface area contributed by atoms with Gasteiger partial charge in [0.15, 0.2) is 0 Å². The first kappa shape index (κ1) is 16.3. The molecule has 1 atom stereocenters. The smallest absolute Gasteiger partial charge is 0.123 e. The third kappa shape index (κ3) is 4.10.